The molecule has 0 amide bonds. The summed E-state index contributed by atoms with van der Waals surface area (Å²) >= 11 is 0. The van der Waals surface area contributed by atoms with Crippen molar-refractivity contribution in [2.24, 2.45) is 0 Å². The Labute approximate surface area is 122 Å². The molecule has 104 valence electrons. The van der Waals surface area contributed by atoms with E-state index in [1.807, 2.05) is 48.5 Å². The van der Waals surface area contributed by atoms with Crippen LogP contribution in [-0.4, -0.2) is 16.1 Å². The van der Waals surface area contributed by atoms with Crippen LogP contribution in [0.1, 0.15) is 11.6 Å². The van der Waals surface area contributed by atoms with Crippen molar-refractivity contribution in [3.8, 4) is 0 Å². The van der Waals surface area contributed by atoms with E-state index in [1.54, 1.807) is 18.2 Å². The summed E-state index contributed by atoms with van der Waals surface area (Å²) in [5.74, 6) is -0.388. The van der Waals surface area contributed by atoms with Crippen molar-refractivity contribution in [2.75, 3.05) is 5.32 Å². The number of pyridine rings is 1. The standard InChI is InChI=1S/C17H14N2O2/c20-17(21)16(13-7-2-1-3-8-13)19-15-11-10-12-6-4-5-9-14(12)18-15/h1-11,16H,(H,18,19)(H,20,21). The molecule has 2 N–H and O–H groups in total. The maximum atomic E-state index is 11.5. The van der Waals surface area contributed by atoms with E-state index in [2.05, 4.69) is 10.3 Å². The van der Waals surface area contributed by atoms with Crippen LogP contribution in [0, 0.1) is 0 Å². The fourth-order valence-corrected chi connectivity index (χ4v) is 2.23. The van der Waals surface area contributed by atoms with Crippen LogP contribution in [0.15, 0.2) is 66.7 Å². The molecule has 1 unspecified atom stereocenters. The summed E-state index contributed by atoms with van der Waals surface area (Å²) in [6, 6.07) is 19.7. The minimum Gasteiger partial charge on any atom is -0.479 e. The molecule has 3 aromatic rings. The van der Waals surface area contributed by atoms with Crippen LogP contribution in [-0.2, 0) is 4.79 Å². The molecule has 4 heteroatoms. The molecule has 0 spiro atoms. The third kappa shape index (κ3) is 2.84. The number of benzene rings is 2. The number of carboxylic acids is 1. The normalized spacial score (nSPS) is 12.0. The Kier molecular flexibility index (Phi) is 3.51. The SMILES string of the molecule is O=C(O)C(Nc1ccc2ccccc2n1)c1ccccc1. The molecule has 0 aliphatic carbocycles. The number of carboxylic acid groups (broad SMARTS) is 1. The summed E-state index contributed by atoms with van der Waals surface area (Å²) in [7, 11) is 0. The molecule has 1 atom stereocenters. The van der Waals surface area contributed by atoms with E-state index < -0.39 is 12.0 Å². The zero-order valence-electron chi connectivity index (χ0n) is 11.2. The number of fused-ring (bicyclic) bond motifs is 1. The first kappa shape index (κ1) is 13.1. The first-order valence-corrected chi connectivity index (χ1v) is 6.64. The molecule has 21 heavy (non-hydrogen) atoms. The quantitative estimate of drug-likeness (QED) is 0.767. The molecule has 0 radical (unpaired) electrons. The molecule has 0 saturated heterocycles. The van der Waals surface area contributed by atoms with Gasteiger partial charge in [-0.25, -0.2) is 9.78 Å². The van der Waals surface area contributed by atoms with Crippen molar-refractivity contribution in [1.29, 1.82) is 0 Å². The molecule has 2 aromatic carbocycles. The summed E-state index contributed by atoms with van der Waals surface area (Å²) in [6.45, 7) is 0. The van der Waals surface area contributed by atoms with Crippen molar-refractivity contribution >= 4 is 22.7 Å². The Morgan fingerprint density at radius 1 is 0.952 bits per heavy atom. The Morgan fingerprint density at radius 2 is 1.67 bits per heavy atom. The van der Waals surface area contributed by atoms with Gasteiger partial charge < -0.3 is 10.4 Å². The zero-order chi connectivity index (χ0) is 14.7. The van der Waals surface area contributed by atoms with Gasteiger partial charge in [-0.2, -0.15) is 0 Å². The molecule has 0 fully saturated rings. The van der Waals surface area contributed by atoms with Crippen molar-refractivity contribution in [2.45, 2.75) is 6.04 Å². The van der Waals surface area contributed by atoms with Gasteiger partial charge in [-0.05, 0) is 23.8 Å². The number of hydrogen-bond donors (Lipinski definition) is 2. The Hall–Kier alpha value is -2.88. The highest BCUT2D eigenvalue weighted by atomic mass is 16.4. The number of aromatic nitrogens is 1. The largest absolute Gasteiger partial charge is 0.479 e. The first-order valence-electron chi connectivity index (χ1n) is 6.64. The van der Waals surface area contributed by atoms with Gasteiger partial charge in [0, 0.05) is 5.39 Å². The lowest BCUT2D eigenvalue weighted by Crippen LogP contribution is -2.20. The predicted molar refractivity (Wildman–Crippen MR) is 82.2 cm³/mol. The lowest BCUT2D eigenvalue weighted by atomic mass is 10.1. The molecule has 0 bridgehead atoms. The lowest BCUT2D eigenvalue weighted by molar-refractivity contribution is -0.138. The number of nitrogens with zero attached hydrogens (tertiary/aromatic N) is 1. The highest BCUT2D eigenvalue weighted by molar-refractivity contribution is 5.82. The molecular formula is C17H14N2O2. The number of anilines is 1. The lowest BCUT2D eigenvalue weighted by Gasteiger charge is -2.15. The van der Waals surface area contributed by atoms with Gasteiger partial charge in [0.1, 0.15) is 5.82 Å². The predicted octanol–water partition coefficient (Wildman–Crippen LogP) is 3.47. The summed E-state index contributed by atoms with van der Waals surface area (Å²) in [5, 5.41) is 13.4. The Bertz CT molecular complexity index is 772. The van der Waals surface area contributed by atoms with Crippen LogP contribution in [0.4, 0.5) is 5.82 Å². The smallest absolute Gasteiger partial charge is 0.330 e. The maximum Gasteiger partial charge on any atom is 0.330 e. The van der Waals surface area contributed by atoms with Crippen molar-refractivity contribution in [3.63, 3.8) is 0 Å². The minimum absolute atomic E-state index is 0.546. The number of nitrogens with one attached hydrogen (secondary N) is 1. The maximum absolute atomic E-state index is 11.5. The molecule has 4 nitrogen and oxygen atoms in total. The fraction of sp³-hybridized carbons (Fsp3) is 0.0588. The average Bonchev–Trinajstić information content (AvgIpc) is 2.53. The van der Waals surface area contributed by atoms with E-state index in [0.29, 0.717) is 11.4 Å². The summed E-state index contributed by atoms with van der Waals surface area (Å²) < 4.78 is 0. The van der Waals surface area contributed by atoms with Gasteiger partial charge in [0.15, 0.2) is 6.04 Å². The summed E-state index contributed by atoms with van der Waals surface area (Å²) in [6.07, 6.45) is 0. The van der Waals surface area contributed by atoms with Gasteiger partial charge in [0.05, 0.1) is 5.52 Å². The van der Waals surface area contributed by atoms with Crippen LogP contribution in [0.5, 0.6) is 0 Å². The molecule has 1 heterocycles. The van der Waals surface area contributed by atoms with E-state index in [9.17, 15) is 9.90 Å². The van der Waals surface area contributed by atoms with Crippen LogP contribution in [0.2, 0.25) is 0 Å². The van der Waals surface area contributed by atoms with Gasteiger partial charge in [-0.3, -0.25) is 0 Å². The average molecular weight is 278 g/mol. The molecule has 3 rings (SSSR count). The number of hydrogen-bond acceptors (Lipinski definition) is 3. The Morgan fingerprint density at radius 3 is 2.43 bits per heavy atom. The number of rotatable bonds is 4. The number of aliphatic carboxylic acids is 1. The molecule has 0 aliphatic rings. The van der Waals surface area contributed by atoms with Crippen molar-refractivity contribution in [3.05, 3.63) is 72.3 Å². The first-order chi connectivity index (χ1) is 10.2. The highest BCUT2D eigenvalue weighted by Crippen LogP contribution is 2.21. The zero-order valence-corrected chi connectivity index (χ0v) is 11.2. The third-order valence-electron chi connectivity index (χ3n) is 3.27. The third-order valence-corrected chi connectivity index (χ3v) is 3.27. The van der Waals surface area contributed by atoms with Crippen molar-refractivity contribution in [1.82, 2.24) is 4.98 Å². The highest BCUT2D eigenvalue weighted by Gasteiger charge is 2.19. The minimum atomic E-state index is -0.934. The second kappa shape index (κ2) is 5.63. The Balaban J connectivity index is 1.93. The van der Waals surface area contributed by atoms with Crippen molar-refractivity contribution < 1.29 is 9.90 Å². The topological polar surface area (TPSA) is 62.2 Å². The van der Waals surface area contributed by atoms with E-state index in [1.165, 1.54) is 0 Å². The summed E-state index contributed by atoms with van der Waals surface area (Å²) in [4.78, 5) is 15.9. The second-order valence-corrected chi connectivity index (χ2v) is 4.72. The molecule has 0 aliphatic heterocycles. The number of carbonyl (C=O) groups is 1. The van der Waals surface area contributed by atoms with Crippen LogP contribution in [0.3, 0.4) is 0 Å². The molecule has 0 saturated carbocycles. The van der Waals surface area contributed by atoms with E-state index in [-0.39, 0.29) is 0 Å². The van der Waals surface area contributed by atoms with Crippen LogP contribution >= 0.6 is 0 Å². The van der Waals surface area contributed by atoms with Crippen LogP contribution in [0.25, 0.3) is 10.9 Å². The molecule has 1 aromatic heterocycles. The van der Waals surface area contributed by atoms with E-state index in [0.717, 1.165) is 10.9 Å². The van der Waals surface area contributed by atoms with E-state index >= 15 is 0 Å². The number of para-hydroxylation sites is 1. The second-order valence-electron chi connectivity index (χ2n) is 4.72. The van der Waals surface area contributed by atoms with Gasteiger partial charge in [0.2, 0.25) is 0 Å². The van der Waals surface area contributed by atoms with Crippen LogP contribution < -0.4 is 5.32 Å². The van der Waals surface area contributed by atoms with Gasteiger partial charge in [0.25, 0.3) is 0 Å². The summed E-state index contributed by atoms with van der Waals surface area (Å²) in [5.41, 5.74) is 1.53. The van der Waals surface area contributed by atoms with E-state index in [4.69, 9.17) is 0 Å². The fourth-order valence-electron chi connectivity index (χ4n) is 2.23. The van der Waals surface area contributed by atoms with Gasteiger partial charge >= 0.3 is 5.97 Å². The monoisotopic (exact) mass is 278 g/mol. The van der Waals surface area contributed by atoms with Gasteiger partial charge in [-0.1, -0.05) is 48.5 Å². The van der Waals surface area contributed by atoms with Gasteiger partial charge in [-0.15, -0.1) is 0 Å². The molecular weight excluding hydrogens is 264 g/mol.